The summed E-state index contributed by atoms with van der Waals surface area (Å²) in [4.78, 5) is 15.0. The van der Waals surface area contributed by atoms with E-state index < -0.39 is 0 Å². The van der Waals surface area contributed by atoms with Gasteiger partial charge in [0.1, 0.15) is 16.9 Å². The number of carbonyl (C=O) groups excluding carboxylic acids is 1. The normalized spacial score (nSPS) is 15.9. The number of amides is 2. The Morgan fingerprint density at radius 1 is 0.966 bits per heavy atom. The zero-order valence-electron chi connectivity index (χ0n) is 16.6. The molecule has 1 heterocycles. The maximum Gasteiger partial charge on any atom is 0.323 e. The van der Waals surface area contributed by atoms with Crippen LogP contribution in [0.15, 0.2) is 72.8 Å². The van der Waals surface area contributed by atoms with Crippen molar-refractivity contribution < 1.29 is 9.53 Å². The van der Waals surface area contributed by atoms with Crippen LogP contribution in [0.1, 0.15) is 22.1 Å². The van der Waals surface area contributed by atoms with E-state index in [1.54, 1.807) is 11.8 Å². The second-order valence-electron chi connectivity index (χ2n) is 7.10. The van der Waals surface area contributed by atoms with Gasteiger partial charge in [0.15, 0.2) is 0 Å². The first kappa shape index (κ1) is 19.4. The number of anilines is 1. The van der Waals surface area contributed by atoms with Gasteiger partial charge < -0.3 is 15.0 Å². The predicted octanol–water partition coefficient (Wildman–Crippen LogP) is 6.38. The summed E-state index contributed by atoms with van der Waals surface area (Å²) in [6.07, 6.45) is 0. The number of thioether (sulfide) groups is 1. The summed E-state index contributed by atoms with van der Waals surface area (Å²) in [5.41, 5.74) is 4.10. The van der Waals surface area contributed by atoms with Crippen LogP contribution in [0.5, 0.6) is 11.5 Å². The smallest absolute Gasteiger partial charge is 0.323 e. The number of urea groups is 1. The lowest BCUT2D eigenvalue weighted by Crippen LogP contribution is -2.34. The fourth-order valence-electron chi connectivity index (χ4n) is 3.50. The third-order valence-electron chi connectivity index (χ3n) is 4.99. The molecular weight excluding hydrogens is 380 g/mol. The highest BCUT2D eigenvalue weighted by molar-refractivity contribution is 7.99. The van der Waals surface area contributed by atoms with Crippen LogP contribution < -0.4 is 10.1 Å². The van der Waals surface area contributed by atoms with Gasteiger partial charge in [-0.1, -0.05) is 48.5 Å². The topological polar surface area (TPSA) is 41.6 Å². The average Bonchev–Trinajstić information content (AvgIpc) is 3.22. The molecule has 29 heavy (non-hydrogen) atoms. The molecule has 2 amide bonds. The van der Waals surface area contributed by atoms with Crippen molar-refractivity contribution in [2.24, 2.45) is 0 Å². The van der Waals surface area contributed by atoms with Crippen LogP contribution in [0.4, 0.5) is 10.5 Å². The Hall–Kier alpha value is -2.92. The maximum absolute atomic E-state index is 13.0. The van der Waals surface area contributed by atoms with E-state index in [1.165, 1.54) is 0 Å². The number of hydrogen-bond acceptors (Lipinski definition) is 3. The summed E-state index contributed by atoms with van der Waals surface area (Å²) in [6.45, 7) is 4.75. The first-order valence-corrected chi connectivity index (χ1v) is 10.7. The molecule has 5 heteroatoms. The van der Waals surface area contributed by atoms with Crippen molar-refractivity contribution in [3.63, 3.8) is 0 Å². The lowest BCUT2D eigenvalue weighted by Gasteiger charge is -2.25. The minimum absolute atomic E-state index is 0.0290. The van der Waals surface area contributed by atoms with Crippen molar-refractivity contribution in [1.29, 1.82) is 0 Å². The molecule has 0 unspecified atom stereocenters. The molecule has 4 rings (SSSR count). The standard InChI is InChI=1S/C24H24N2O2S/c1-17-8-6-9-18(2)22(17)25-24(27)26-14-15-29-23(26)19-10-7-13-21(16-19)28-20-11-4-3-5-12-20/h3-13,16,23H,14-15H2,1-2H3,(H,25,27)/t23-/m1/s1. The van der Waals surface area contributed by atoms with E-state index in [0.29, 0.717) is 0 Å². The van der Waals surface area contributed by atoms with Gasteiger partial charge in [0.05, 0.1) is 0 Å². The molecule has 4 nitrogen and oxygen atoms in total. The van der Waals surface area contributed by atoms with Crippen molar-refractivity contribution in [1.82, 2.24) is 4.90 Å². The zero-order valence-corrected chi connectivity index (χ0v) is 17.4. The Kier molecular flexibility index (Phi) is 5.76. The van der Waals surface area contributed by atoms with E-state index in [0.717, 1.165) is 46.2 Å². The summed E-state index contributed by atoms with van der Waals surface area (Å²) >= 11 is 1.78. The molecule has 0 radical (unpaired) electrons. The number of rotatable bonds is 4. The first-order valence-electron chi connectivity index (χ1n) is 9.70. The van der Waals surface area contributed by atoms with E-state index in [4.69, 9.17) is 4.74 Å². The fraction of sp³-hybridized carbons (Fsp3) is 0.208. The Labute approximate surface area is 175 Å². The molecule has 3 aromatic carbocycles. The van der Waals surface area contributed by atoms with Gasteiger partial charge in [0.25, 0.3) is 0 Å². The maximum atomic E-state index is 13.0. The number of benzene rings is 3. The largest absolute Gasteiger partial charge is 0.457 e. The highest BCUT2D eigenvalue weighted by Gasteiger charge is 2.31. The van der Waals surface area contributed by atoms with Gasteiger partial charge >= 0.3 is 6.03 Å². The molecule has 0 aromatic heterocycles. The quantitative estimate of drug-likeness (QED) is 0.549. The SMILES string of the molecule is Cc1cccc(C)c1NC(=O)N1CCS[C@@H]1c1cccc(Oc2ccccc2)c1. The van der Waals surface area contributed by atoms with Gasteiger partial charge in [-0.05, 0) is 54.8 Å². The number of nitrogens with one attached hydrogen (secondary N) is 1. The monoisotopic (exact) mass is 404 g/mol. The van der Waals surface area contributed by atoms with E-state index in [9.17, 15) is 4.79 Å². The highest BCUT2D eigenvalue weighted by atomic mass is 32.2. The number of ether oxygens (including phenoxy) is 1. The lowest BCUT2D eigenvalue weighted by atomic mass is 10.1. The molecule has 1 fully saturated rings. The van der Waals surface area contributed by atoms with Crippen molar-refractivity contribution in [3.05, 3.63) is 89.5 Å². The minimum atomic E-state index is -0.0632. The van der Waals surface area contributed by atoms with E-state index in [-0.39, 0.29) is 11.4 Å². The summed E-state index contributed by atoms with van der Waals surface area (Å²) in [5, 5.41) is 3.09. The molecule has 0 saturated carbocycles. The summed E-state index contributed by atoms with van der Waals surface area (Å²) in [6, 6.07) is 23.7. The van der Waals surface area contributed by atoms with Gasteiger partial charge in [0, 0.05) is 18.0 Å². The Balaban J connectivity index is 1.52. The van der Waals surface area contributed by atoms with Crippen molar-refractivity contribution in [2.45, 2.75) is 19.2 Å². The Morgan fingerprint density at radius 2 is 1.66 bits per heavy atom. The molecule has 1 aliphatic rings. The zero-order chi connectivity index (χ0) is 20.2. The Morgan fingerprint density at radius 3 is 2.41 bits per heavy atom. The molecule has 1 atom stereocenters. The Bertz CT molecular complexity index is 987. The number of para-hydroxylation sites is 2. The van der Waals surface area contributed by atoms with E-state index >= 15 is 0 Å². The van der Waals surface area contributed by atoms with Gasteiger partial charge in [-0.25, -0.2) is 4.79 Å². The fourth-order valence-corrected chi connectivity index (χ4v) is 4.75. The number of aryl methyl sites for hydroxylation is 2. The van der Waals surface area contributed by atoms with Crippen LogP contribution in [0.2, 0.25) is 0 Å². The molecule has 1 aliphatic heterocycles. The van der Waals surface area contributed by atoms with Crippen molar-refractivity contribution in [2.75, 3.05) is 17.6 Å². The van der Waals surface area contributed by atoms with Gasteiger partial charge in [-0.15, -0.1) is 11.8 Å². The predicted molar refractivity (Wildman–Crippen MR) is 120 cm³/mol. The van der Waals surface area contributed by atoms with Crippen LogP contribution >= 0.6 is 11.8 Å². The van der Waals surface area contributed by atoms with Crippen LogP contribution in [0.3, 0.4) is 0 Å². The van der Waals surface area contributed by atoms with Crippen LogP contribution in [0.25, 0.3) is 0 Å². The minimum Gasteiger partial charge on any atom is -0.457 e. The summed E-state index contributed by atoms with van der Waals surface area (Å²) in [7, 11) is 0. The second-order valence-corrected chi connectivity index (χ2v) is 8.29. The third kappa shape index (κ3) is 4.40. The molecule has 1 saturated heterocycles. The first-order chi connectivity index (χ1) is 14.1. The van der Waals surface area contributed by atoms with Gasteiger partial charge in [0.2, 0.25) is 0 Å². The molecule has 148 valence electrons. The van der Waals surface area contributed by atoms with Gasteiger partial charge in [-0.2, -0.15) is 0 Å². The van der Waals surface area contributed by atoms with Crippen molar-refractivity contribution in [3.8, 4) is 11.5 Å². The van der Waals surface area contributed by atoms with E-state index in [2.05, 4.69) is 11.4 Å². The molecule has 1 N–H and O–H groups in total. The van der Waals surface area contributed by atoms with Crippen LogP contribution in [0, 0.1) is 13.8 Å². The number of hydrogen-bond donors (Lipinski definition) is 1. The molecule has 0 aliphatic carbocycles. The highest BCUT2D eigenvalue weighted by Crippen LogP contribution is 2.39. The van der Waals surface area contributed by atoms with Crippen LogP contribution in [-0.4, -0.2) is 23.2 Å². The molecule has 3 aromatic rings. The summed E-state index contributed by atoms with van der Waals surface area (Å²) in [5.74, 6) is 2.49. The average molecular weight is 405 g/mol. The number of carbonyl (C=O) groups is 1. The molecule has 0 spiro atoms. The van der Waals surface area contributed by atoms with Crippen molar-refractivity contribution >= 4 is 23.5 Å². The molecular formula is C24H24N2O2S. The molecule has 0 bridgehead atoms. The van der Waals surface area contributed by atoms with Crippen LogP contribution in [-0.2, 0) is 0 Å². The summed E-state index contributed by atoms with van der Waals surface area (Å²) < 4.78 is 5.97. The number of nitrogens with zero attached hydrogens (tertiary/aromatic N) is 1. The van der Waals surface area contributed by atoms with Gasteiger partial charge in [-0.3, -0.25) is 0 Å². The second kappa shape index (κ2) is 8.62. The van der Waals surface area contributed by atoms with E-state index in [1.807, 2.05) is 85.5 Å². The lowest BCUT2D eigenvalue weighted by molar-refractivity contribution is 0.214. The third-order valence-corrected chi connectivity index (χ3v) is 6.25.